The number of anilines is 1. The van der Waals surface area contributed by atoms with Crippen molar-refractivity contribution in [1.29, 1.82) is 0 Å². The molecule has 1 aromatic carbocycles. The van der Waals surface area contributed by atoms with Crippen molar-refractivity contribution in [2.45, 2.75) is 26.4 Å². The fourth-order valence-corrected chi connectivity index (χ4v) is 2.49. The Morgan fingerprint density at radius 1 is 1.37 bits per heavy atom. The fraction of sp³-hybridized carbons (Fsp3) is 0.286. The lowest BCUT2D eigenvalue weighted by molar-refractivity contribution is 0.0697. The van der Waals surface area contributed by atoms with Gasteiger partial charge in [0.15, 0.2) is 0 Å². The second-order valence-electron chi connectivity index (χ2n) is 4.90. The zero-order valence-electron chi connectivity index (χ0n) is 10.8. The van der Waals surface area contributed by atoms with Gasteiger partial charge in [-0.1, -0.05) is 29.8 Å². The number of aryl methyl sites for hydroxylation is 2. The Bertz CT molecular complexity index is 643. The first-order valence-electron chi connectivity index (χ1n) is 6.20. The number of carbonyl (C=O) groups is 1. The van der Waals surface area contributed by atoms with Crippen LogP contribution >= 0.6 is 0 Å². The molecule has 2 aromatic rings. The number of hydrogen-bond donors (Lipinski definition) is 2. The van der Waals surface area contributed by atoms with Gasteiger partial charge in [0.25, 0.3) is 0 Å². The topological polar surface area (TPSA) is 67.2 Å². The maximum atomic E-state index is 11.2. The van der Waals surface area contributed by atoms with E-state index in [0.29, 0.717) is 18.1 Å². The fourth-order valence-electron chi connectivity index (χ4n) is 2.49. The zero-order chi connectivity index (χ0) is 13.6. The molecule has 0 radical (unpaired) electrons. The van der Waals surface area contributed by atoms with Gasteiger partial charge >= 0.3 is 5.97 Å². The molecule has 0 saturated heterocycles. The minimum Gasteiger partial charge on any atom is -0.477 e. The van der Waals surface area contributed by atoms with Crippen LogP contribution in [0.4, 0.5) is 5.82 Å². The van der Waals surface area contributed by atoms with Gasteiger partial charge in [0, 0.05) is 0 Å². The first-order chi connectivity index (χ1) is 9.06. The van der Waals surface area contributed by atoms with Gasteiger partial charge in [-0.05, 0) is 19.4 Å². The molecule has 0 spiro atoms. The highest BCUT2D eigenvalue weighted by atomic mass is 16.4. The summed E-state index contributed by atoms with van der Waals surface area (Å²) in [5, 5.41) is 16.8. The molecule has 19 heavy (non-hydrogen) atoms. The molecule has 2 heterocycles. The molecule has 0 aliphatic carbocycles. The molecule has 2 N–H and O–H groups in total. The van der Waals surface area contributed by atoms with Crippen molar-refractivity contribution in [3.8, 4) is 0 Å². The molecule has 0 bridgehead atoms. The number of benzene rings is 1. The van der Waals surface area contributed by atoms with Crippen molar-refractivity contribution >= 4 is 11.8 Å². The highest BCUT2D eigenvalue weighted by molar-refractivity contribution is 5.95. The van der Waals surface area contributed by atoms with Crippen molar-refractivity contribution in [2.75, 3.05) is 5.32 Å². The molecule has 0 unspecified atom stereocenters. The Kier molecular flexibility index (Phi) is 2.55. The van der Waals surface area contributed by atoms with E-state index in [1.165, 1.54) is 5.56 Å². The molecule has 3 rings (SSSR count). The molecule has 0 saturated carbocycles. The number of carboxylic acids is 1. The number of fused-ring (bicyclic) bond motifs is 1. The average Bonchev–Trinajstić information content (AvgIpc) is 2.85. The Labute approximate surface area is 110 Å². The Hall–Kier alpha value is -2.30. The molecule has 5 nitrogen and oxygen atoms in total. The Morgan fingerprint density at radius 3 is 2.68 bits per heavy atom. The Balaban J connectivity index is 1.92. The number of rotatable bonds is 2. The van der Waals surface area contributed by atoms with Gasteiger partial charge in [0.1, 0.15) is 11.4 Å². The number of hydrogen-bond acceptors (Lipinski definition) is 3. The lowest BCUT2D eigenvalue weighted by Crippen LogP contribution is -2.09. The average molecular weight is 257 g/mol. The van der Waals surface area contributed by atoms with Gasteiger partial charge in [0.2, 0.25) is 0 Å². The van der Waals surface area contributed by atoms with Crippen LogP contribution in [-0.2, 0) is 6.54 Å². The van der Waals surface area contributed by atoms with Crippen LogP contribution in [0.3, 0.4) is 0 Å². The van der Waals surface area contributed by atoms with Gasteiger partial charge in [-0.15, -0.1) is 0 Å². The lowest BCUT2D eigenvalue weighted by atomic mass is 10.1. The van der Waals surface area contributed by atoms with E-state index in [0.717, 1.165) is 5.56 Å². The molecule has 1 aromatic heterocycles. The molecule has 1 atom stereocenters. The molecule has 1 aliphatic heterocycles. The molecule has 1 aliphatic rings. The van der Waals surface area contributed by atoms with Gasteiger partial charge in [0.05, 0.1) is 18.3 Å². The van der Waals surface area contributed by atoms with Crippen LogP contribution in [0.2, 0.25) is 0 Å². The van der Waals surface area contributed by atoms with E-state index < -0.39 is 5.97 Å². The number of nitrogens with zero attached hydrogens (tertiary/aromatic N) is 2. The molecular formula is C14H15N3O2. The van der Waals surface area contributed by atoms with Gasteiger partial charge in [-0.3, -0.25) is 0 Å². The van der Waals surface area contributed by atoms with E-state index in [1.807, 2.05) is 6.92 Å². The van der Waals surface area contributed by atoms with E-state index >= 15 is 0 Å². The molecule has 5 heteroatoms. The third-order valence-corrected chi connectivity index (χ3v) is 3.49. The van der Waals surface area contributed by atoms with Gasteiger partial charge < -0.3 is 10.4 Å². The number of aromatic nitrogens is 2. The second kappa shape index (κ2) is 4.12. The molecule has 0 fully saturated rings. The summed E-state index contributed by atoms with van der Waals surface area (Å²) in [4.78, 5) is 11.2. The SMILES string of the molecule is Cc1ccc([C@@H]2Cn3nc(C)c(C(=O)O)c3N2)cc1. The van der Waals surface area contributed by atoms with E-state index in [1.54, 1.807) is 11.6 Å². The van der Waals surface area contributed by atoms with Crippen LogP contribution in [0.15, 0.2) is 24.3 Å². The van der Waals surface area contributed by atoms with Crippen molar-refractivity contribution in [3.05, 3.63) is 46.6 Å². The van der Waals surface area contributed by atoms with Crippen molar-refractivity contribution < 1.29 is 9.90 Å². The minimum atomic E-state index is -0.934. The third kappa shape index (κ3) is 1.87. The zero-order valence-corrected chi connectivity index (χ0v) is 10.8. The van der Waals surface area contributed by atoms with E-state index in [2.05, 4.69) is 34.7 Å². The van der Waals surface area contributed by atoms with Crippen molar-refractivity contribution in [3.63, 3.8) is 0 Å². The number of nitrogens with one attached hydrogen (secondary N) is 1. The Morgan fingerprint density at radius 2 is 2.05 bits per heavy atom. The van der Waals surface area contributed by atoms with Gasteiger partial charge in [-0.25, -0.2) is 9.48 Å². The van der Waals surface area contributed by atoms with Crippen LogP contribution in [0, 0.1) is 13.8 Å². The maximum absolute atomic E-state index is 11.2. The largest absolute Gasteiger partial charge is 0.477 e. The van der Waals surface area contributed by atoms with Crippen LogP contribution in [0.1, 0.15) is 33.2 Å². The number of carboxylic acid groups (broad SMARTS) is 1. The highest BCUT2D eigenvalue weighted by Crippen LogP contribution is 2.32. The van der Waals surface area contributed by atoms with Crippen LogP contribution in [0.25, 0.3) is 0 Å². The predicted octanol–water partition coefficient (Wildman–Crippen LogP) is 2.36. The molecular weight excluding hydrogens is 242 g/mol. The summed E-state index contributed by atoms with van der Waals surface area (Å²) in [6.07, 6.45) is 0. The summed E-state index contributed by atoms with van der Waals surface area (Å²) in [6, 6.07) is 8.32. The van der Waals surface area contributed by atoms with E-state index in [4.69, 9.17) is 0 Å². The molecule has 98 valence electrons. The predicted molar refractivity (Wildman–Crippen MR) is 71.5 cm³/mol. The van der Waals surface area contributed by atoms with Gasteiger partial charge in [-0.2, -0.15) is 5.10 Å². The quantitative estimate of drug-likeness (QED) is 0.866. The first kappa shape index (κ1) is 11.8. The lowest BCUT2D eigenvalue weighted by Gasteiger charge is -2.11. The molecule has 0 amide bonds. The summed E-state index contributed by atoms with van der Waals surface area (Å²) in [5.74, 6) is -0.327. The highest BCUT2D eigenvalue weighted by Gasteiger charge is 2.30. The normalized spacial score (nSPS) is 17.1. The van der Waals surface area contributed by atoms with Crippen molar-refractivity contribution in [2.24, 2.45) is 0 Å². The standard InChI is InChI=1S/C14H15N3O2/c1-8-3-5-10(6-4-8)11-7-17-13(15-11)12(14(18)19)9(2)16-17/h3-6,11,15H,7H2,1-2H3,(H,18,19)/t11-/m0/s1. The number of aromatic carboxylic acids is 1. The monoisotopic (exact) mass is 257 g/mol. The van der Waals surface area contributed by atoms with Crippen molar-refractivity contribution in [1.82, 2.24) is 9.78 Å². The summed E-state index contributed by atoms with van der Waals surface area (Å²) < 4.78 is 1.74. The second-order valence-corrected chi connectivity index (χ2v) is 4.90. The van der Waals surface area contributed by atoms with E-state index in [-0.39, 0.29) is 11.6 Å². The summed E-state index contributed by atoms with van der Waals surface area (Å²) in [6.45, 7) is 4.42. The summed E-state index contributed by atoms with van der Waals surface area (Å²) >= 11 is 0. The summed E-state index contributed by atoms with van der Waals surface area (Å²) in [5.41, 5.74) is 3.18. The maximum Gasteiger partial charge on any atom is 0.341 e. The minimum absolute atomic E-state index is 0.0850. The van der Waals surface area contributed by atoms with Crippen LogP contribution < -0.4 is 5.32 Å². The van der Waals surface area contributed by atoms with Crippen LogP contribution in [-0.4, -0.2) is 20.9 Å². The van der Waals surface area contributed by atoms with E-state index in [9.17, 15) is 9.90 Å². The smallest absolute Gasteiger partial charge is 0.341 e. The summed E-state index contributed by atoms with van der Waals surface area (Å²) in [7, 11) is 0. The first-order valence-corrected chi connectivity index (χ1v) is 6.20. The van der Waals surface area contributed by atoms with Crippen LogP contribution in [0.5, 0.6) is 0 Å². The third-order valence-electron chi connectivity index (χ3n) is 3.49.